The summed E-state index contributed by atoms with van der Waals surface area (Å²) < 4.78 is 15.9. The number of hydrogen-bond donors (Lipinski definition) is 0. The number of para-hydroxylation sites is 2. The average Bonchev–Trinajstić information content (AvgIpc) is 3.98. The van der Waals surface area contributed by atoms with Crippen molar-refractivity contribution in [3.63, 3.8) is 0 Å². The minimum absolute atomic E-state index is 0.560. The molecule has 12 aromatic rings. The molecule has 0 spiro atoms. The summed E-state index contributed by atoms with van der Waals surface area (Å²) in [6.45, 7) is 0. The zero-order valence-electron chi connectivity index (χ0n) is 30.3. The Labute approximate surface area is 330 Å². The number of furan rings is 2. The number of rotatable bonds is 5. The van der Waals surface area contributed by atoms with E-state index in [1.165, 1.54) is 20.2 Å². The van der Waals surface area contributed by atoms with E-state index >= 15 is 0 Å². The summed E-state index contributed by atoms with van der Waals surface area (Å²) in [5.74, 6) is 1.78. The smallest absolute Gasteiger partial charge is 0.167 e. The standard InChI is InChI=1S/C51H29N3O2S/c1-3-13-30(14-4-1)49-52-50(31-15-5-2-6-16-31)54-51(53-49)38-21-11-20-36-39-27-32(25-26-43(39)56-47(36)38)33-28-40-34-17-7-9-22-42(34)55-48(40)41(29-33)35-19-12-24-45-46(35)37-18-8-10-23-44(37)57-45/h1-29H. The Bertz CT molecular complexity index is 3470. The zero-order chi connectivity index (χ0) is 37.5. The molecule has 0 amide bonds. The van der Waals surface area contributed by atoms with Gasteiger partial charge in [0.1, 0.15) is 22.3 Å². The van der Waals surface area contributed by atoms with Gasteiger partial charge < -0.3 is 8.83 Å². The summed E-state index contributed by atoms with van der Waals surface area (Å²) in [5.41, 5.74) is 10.4. The third kappa shape index (κ3) is 5.12. The fourth-order valence-corrected chi connectivity index (χ4v) is 9.41. The lowest BCUT2D eigenvalue weighted by Crippen LogP contribution is -2.00. The molecule has 0 bridgehead atoms. The van der Waals surface area contributed by atoms with E-state index in [-0.39, 0.29) is 0 Å². The first-order valence-electron chi connectivity index (χ1n) is 18.9. The van der Waals surface area contributed by atoms with Crippen molar-refractivity contribution in [2.75, 3.05) is 0 Å². The molecule has 0 saturated heterocycles. The van der Waals surface area contributed by atoms with Crippen molar-refractivity contribution in [1.82, 2.24) is 15.0 Å². The molecule has 266 valence electrons. The number of fused-ring (bicyclic) bond motifs is 9. The van der Waals surface area contributed by atoms with Gasteiger partial charge in [-0.3, -0.25) is 0 Å². The molecule has 12 rings (SSSR count). The highest BCUT2D eigenvalue weighted by Crippen LogP contribution is 2.46. The van der Waals surface area contributed by atoms with Crippen LogP contribution in [-0.2, 0) is 0 Å². The SMILES string of the molecule is c1ccc(-c2nc(-c3ccccc3)nc(-c3cccc4c3oc3ccc(-c5cc(-c6cccc7sc8ccccc8c67)c6oc7ccccc7c6c5)cc34)n2)cc1. The maximum Gasteiger partial charge on any atom is 0.167 e. The van der Waals surface area contributed by atoms with Crippen LogP contribution in [0.5, 0.6) is 0 Å². The lowest BCUT2D eigenvalue weighted by Gasteiger charge is -2.10. The van der Waals surface area contributed by atoms with Gasteiger partial charge in [0.25, 0.3) is 0 Å². The highest BCUT2D eigenvalue weighted by molar-refractivity contribution is 7.25. The first-order chi connectivity index (χ1) is 28.2. The Kier molecular flexibility index (Phi) is 7.03. The van der Waals surface area contributed by atoms with Crippen LogP contribution in [0.4, 0.5) is 0 Å². The second-order valence-corrected chi connectivity index (χ2v) is 15.4. The molecule has 0 aliphatic carbocycles. The highest BCUT2D eigenvalue weighted by Gasteiger charge is 2.21. The topological polar surface area (TPSA) is 65.0 Å². The van der Waals surface area contributed by atoms with Gasteiger partial charge in [0.15, 0.2) is 17.5 Å². The Hall–Kier alpha value is -7.41. The molecule has 0 N–H and O–H groups in total. The predicted molar refractivity (Wildman–Crippen MR) is 234 cm³/mol. The summed E-state index contributed by atoms with van der Waals surface area (Å²) in [4.78, 5) is 14.9. The fourth-order valence-electron chi connectivity index (χ4n) is 8.28. The van der Waals surface area contributed by atoms with Gasteiger partial charge in [-0.15, -0.1) is 11.3 Å². The van der Waals surface area contributed by atoms with Crippen molar-refractivity contribution < 1.29 is 8.83 Å². The number of hydrogen-bond acceptors (Lipinski definition) is 6. The average molecular weight is 748 g/mol. The molecule has 57 heavy (non-hydrogen) atoms. The fraction of sp³-hybridized carbons (Fsp3) is 0. The Morgan fingerprint density at radius 1 is 0.333 bits per heavy atom. The van der Waals surface area contributed by atoms with Crippen LogP contribution in [0, 0.1) is 0 Å². The Balaban J connectivity index is 1.06. The van der Waals surface area contributed by atoms with Crippen molar-refractivity contribution in [1.29, 1.82) is 0 Å². The molecule has 0 fully saturated rings. The highest BCUT2D eigenvalue weighted by atomic mass is 32.1. The van der Waals surface area contributed by atoms with E-state index < -0.39 is 0 Å². The largest absolute Gasteiger partial charge is 0.455 e. The van der Waals surface area contributed by atoms with Gasteiger partial charge in [0.2, 0.25) is 0 Å². The molecular formula is C51H29N3O2S. The van der Waals surface area contributed by atoms with Crippen LogP contribution in [0.25, 0.3) is 120 Å². The van der Waals surface area contributed by atoms with Crippen molar-refractivity contribution in [3.8, 4) is 56.4 Å². The van der Waals surface area contributed by atoms with E-state index in [0.717, 1.165) is 82.8 Å². The van der Waals surface area contributed by atoms with Crippen LogP contribution >= 0.6 is 11.3 Å². The summed E-state index contributed by atoms with van der Waals surface area (Å²) in [6.07, 6.45) is 0. The van der Waals surface area contributed by atoms with Crippen LogP contribution in [0.2, 0.25) is 0 Å². The molecule has 0 saturated carbocycles. The van der Waals surface area contributed by atoms with Crippen molar-refractivity contribution in [3.05, 3.63) is 176 Å². The normalized spacial score (nSPS) is 11.9. The van der Waals surface area contributed by atoms with E-state index in [0.29, 0.717) is 17.5 Å². The van der Waals surface area contributed by atoms with E-state index in [9.17, 15) is 0 Å². The van der Waals surface area contributed by atoms with Gasteiger partial charge in [-0.2, -0.15) is 0 Å². The van der Waals surface area contributed by atoms with Crippen LogP contribution in [-0.4, -0.2) is 15.0 Å². The van der Waals surface area contributed by atoms with Crippen LogP contribution in [0.1, 0.15) is 0 Å². The maximum absolute atomic E-state index is 6.69. The van der Waals surface area contributed by atoms with Crippen LogP contribution in [0.15, 0.2) is 185 Å². The summed E-state index contributed by atoms with van der Waals surface area (Å²) in [7, 11) is 0. The number of nitrogens with zero attached hydrogens (tertiary/aromatic N) is 3. The molecular weight excluding hydrogens is 719 g/mol. The van der Waals surface area contributed by atoms with Gasteiger partial charge in [0.05, 0.1) is 5.56 Å². The van der Waals surface area contributed by atoms with E-state index in [4.69, 9.17) is 23.8 Å². The van der Waals surface area contributed by atoms with Crippen LogP contribution < -0.4 is 0 Å². The first kappa shape index (κ1) is 31.9. The summed E-state index contributed by atoms with van der Waals surface area (Å²) in [5, 5.41) is 6.72. The lowest BCUT2D eigenvalue weighted by atomic mass is 9.93. The van der Waals surface area contributed by atoms with Gasteiger partial charge in [-0.05, 0) is 65.2 Å². The molecule has 0 aliphatic rings. The summed E-state index contributed by atoms with van der Waals surface area (Å²) in [6, 6.07) is 60.9. The monoisotopic (exact) mass is 747 g/mol. The van der Waals surface area contributed by atoms with Crippen molar-refractivity contribution >= 4 is 75.4 Å². The van der Waals surface area contributed by atoms with Crippen molar-refractivity contribution in [2.24, 2.45) is 0 Å². The van der Waals surface area contributed by atoms with E-state index in [1.54, 1.807) is 0 Å². The van der Waals surface area contributed by atoms with E-state index in [2.05, 4.69) is 103 Å². The number of benzene rings is 8. The molecule has 0 unspecified atom stereocenters. The van der Waals surface area contributed by atoms with Gasteiger partial charge in [0, 0.05) is 58.4 Å². The zero-order valence-corrected chi connectivity index (χ0v) is 31.1. The van der Waals surface area contributed by atoms with Crippen molar-refractivity contribution in [2.45, 2.75) is 0 Å². The lowest BCUT2D eigenvalue weighted by molar-refractivity contribution is 0.669. The number of thiophene rings is 1. The molecule has 0 aliphatic heterocycles. The van der Waals surface area contributed by atoms with E-state index in [1.807, 2.05) is 84.1 Å². The molecule has 6 heteroatoms. The first-order valence-corrected chi connectivity index (χ1v) is 19.7. The van der Waals surface area contributed by atoms with Gasteiger partial charge >= 0.3 is 0 Å². The number of aromatic nitrogens is 3. The Morgan fingerprint density at radius 3 is 1.70 bits per heavy atom. The summed E-state index contributed by atoms with van der Waals surface area (Å²) >= 11 is 1.83. The molecule has 4 aromatic heterocycles. The molecule has 0 atom stereocenters. The third-order valence-electron chi connectivity index (χ3n) is 10.9. The van der Waals surface area contributed by atoms with Gasteiger partial charge in [-0.25, -0.2) is 15.0 Å². The van der Waals surface area contributed by atoms with Crippen LogP contribution in [0.3, 0.4) is 0 Å². The van der Waals surface area contributed by atoms with Gasteiger partial charge in [-0.1, -0.05) is 127 Å². The molecule has 5 nitrogen and oxygen atoms in total. The molecule has 0 radical (unpaired) electrons. The Morgan fingerprint density at radius 2 is 0.912 bits per heavy atom. The second kappa shape index (κ2) is 12.6. The minimum atomic E-state index is 0.560. The predicted octanol–water partition coefficient (Wildman–Crippen LogP) is 14.4. The maximum atomic E-state index is 6.69. The third-order valence-corrected chi connectivity index (χ3v) is 12.1. The minimum Gasteiger partial charge on any atom is -0.455 e. The molecule has 4 heterocycles. The quantitative estimate of drug-likeness (QED) is 0.175. The second-order valence-electron chi connectivity index (χ2n) is 14.3. The molecule has 8 aromatic carbocycles.